The number of nitrogens with zero attached hydrogens (tertiary/aromatic N) is 1. The molecule has 2 amide bonds. The summed E-state index contributed by atoms with van der Waals surface area (Å²) >= 11 is 13.3. The van der Waals surface area contributed by atoms with Gasteiger partial charge in [-0.05, 0) is 54.6 Å². The normalized spacial score (nSPS) is 13.7. The molecule has 4 rings (SSSR count). The van der Waals surface area contributed by atoms with Crippen LogP contribution < -0.4 is 15.0 Å². The Labute approximate surface area is 193 Å². The number of halogens is 2. The summed E-state index contributed by atoms with van der Waals surface area (Å²) in [5.74, 6) is -0.599. The highest BCUT2D eigenvalue weighted by molar-refractivity contribution is 8.04. The molecular weight excluding hydrogens is 455 g/mol. The summed E-state index contributed by atoms with van der Waals surface area (Å²) in [6.45, 7) is 0. The molecule has 0 atom stereocenters. The first kappa shape index (κ1) is 21.3. The SMILES string of the molecule is COc1ccc(Cl)cc1N1C(=O)C(Nc2ccccc2)=C(Sc2ccc(Cl)cc2)C1=O. The maximum atomic E-state index is 13.4. The second kappa shape index (κ2) is 9.06. The molecule has 0 saturated carbocycles. The molecule has 0 saturated heterocycles. The van der Waals surface area contributed by atoms with Crippen LogP contribution in [0.15, 0.2) is 88.3 Å². The lowest BCUT2D eigenvalue weighted by atomic mass is 10.2. The van der Waals surface area contributed by atoms with Crippen molar-refractivity contribution in [3.63, 3.8) is 0 Å². The molecule has 0 radical (unpaired) electrons. The lowest BCUT2D eigenvalue weighted by Crippen LogP contribution is -2.32. The van der Waals surface area contributed by atoms with Crippen LogP contribution in [-0.2, 0) is 9.59 Å². The zero-order chi connectivity index (χ0) is 22.0. The number of methoxy groups -OCH3 is 1. The van der Waals surface area contributed by atoms with E-state index in [2.05, 4.69) is 5.32 Å². The molecule has 3 aromatic carbocycles. The van der Waals surface area contributed by atoms with Gasteiger partial charge in [0.25, 0.3) is 11.8 Å². The van der Waals surface area contributed by atoms with Crippen molar-refractivity contribution >= 4 is 58.2 Å². The number of amides is 2. The fourth-order valence-electron chi connectivity index (χ4n) is 3.06. The highest BCUT2D eigenvalue weighted by atomic mass is 35.5. The van der Waals surface area contributed by atoms with Gasteiger partial charge in [0.1, 0.15) is 16.4 Å². The van der Waals surface area contributed by atoms with Gasteiger partial charge < -0.3 is 10.1 Å². The lowest BCUT2D eigenvalue weighted by Gasteiger charge is -2.18. The molecular formula is C23H16Cl2N2O3S. The minimum Gasteiger partial charge on any atom is -0.495 e. The molecule has 0 unspecified atom stereocenters. The molecule has 8 heteroatoms. The van der Waals surface area contributed by atoms with Gasteiger partial charge >= 0.3 is 0 Å². The number of ether oxygens (including phenoxy) is 1. The van der Waals surface area contributed by atoms with E-state index in [0.29, 0.717) is 21.5 Å². The van der Waals surface area contributed by atoms with Gasteiger partial charge in [-0.1, -0.05) is 53.2 Å². The van der Waals surface area contributed by atoms with Gasteiger partial charge in [-0.3, -0.25) is 9.59 Å². The molecule has 1 aliphatic heterocycles. The van der Waals surface area contributed by atoms with Gasteiger partial charge in [-0.25, -0.2) is 4.90 Å². The van der Waals surface area contributed by atoms with Gasteiger partial charge in [-0.2, -0.15) is 0 Å². The van der Waals surface area contributed by atoms with E-state index in [1.807, 2.05) is 30.3 Å². The molecule has 31 heavy (non-hydrogen) atoms. The number of carbonyl (C=O) groups excluding carboxylic acids is 2. The van der Waals surface area contributed by atoms with Crippen LogP contribution in [-0.4, -0.2) is 18.9 Å². The second-order valence-electron chi connectivity index (χ2n) is 6.51. The number of rotatable bonds is 6. The van der Waals surface area contributed by atoms with Crippen molar-refractivity contribution in [1.82, 2.24) is 0 Å². The predicted octanol–water partition coefficient (Wildman–Crippen LogP) is 5.99. The Kier molecular flexibility index (Phi) is 6.23. The lowest BCUT2D eigenvalue weighted by molar-refractivity contribution is -0.120. The Bertz CT molecular complexity index is 1180. The molecule has 1 heterocycles. The quantitative estimate of drug-likeness (QED) is 0.448. The van der Waals surface area contributed by atoms with Gasteiger partial charge in [-0.15, -0.1) is 0 Å². The number of anilines is 2. The first-order chi connectivity index (χ1) is 15.0. The minimum atomic E-state index is -0.495. The zero-order valence-electron chi connectivity index (χ0n) is 16.3. The van der Waals surface area contributed by atoms with E-state index in [1.54, 1.807) is 36.4 Å². The first-order valence-corrected chi connectivity index (χ1v) is 10.8. The average molecular weight is 471 g/mol. The maximum Gasteiger partial charge on any atom is 0.283 e. The van der Waals surface area contributed by atoms with Gasteiger partial charge in [0, 0.05) is 20.6 Å². The fraction of sp³-hybridized carbons (Fsp3) is 0.0435. The number of hydrogen-bond acceptors (Lipinski definition) is 5. The smallest absolute Gasteiger partial charge is 0.283 e. The highest BCUT2D eigenvalue weighted by Crippen LogP contribution is 2.41. The predicted molar refractivity (Wildman–Crippen MR) is 125 cm³/mol. The number of hydrogen-bond donors (Lipinski definition) is 1. The van der Waals surface area contributed by atoms with Crippen molar-refractivity contribution in [2.75, 3.05) is 17.3 Å². The molecule has 0 fully saturated rings. The Hall–Kier alpha value is -2.93. The summed E-state index contributed by atoms with van der Waals surface area (Å²) in [4.78, 5) is 28.9. The molecule has 0 aromatic heterocycles. The Balaban J connectivity index is 1.78. The van der Waals surface area contributed by atoms with Crippen molar-refractivity contribution in [2.24, 2.45) is 0 Å². The number of imide groups is 1. The molecule has 0 bridgehead atoms. The molecule has 5 nitrogen and oxygen atoms in total. The molecule has 1 aliphatic rings. The summed E-state index contributed by atoms with van der Waals surface area (Å²) < 4.78 is 5.36. The van der Waals surface area contributed by atoms with Crippen molar-refractivity contribution < 1.29 is 14.3 Å². The molecule has 3 aromatic rings. The van der Waals surface area contributed by atoms with Crippen molar-refractivity contribution in [3.05, 3.63) is 93.4 Å². The van der Waals surface area contributed by atoms with E-state index in [4.69, 9.17) is 27.9 Å². The number of benzene rings is 3. The van der Waals surface area contributed by atoms with Crippen molar-refractivity contribution in [1.29, 1.82) is 0 Å². The fourth-order valence-corrected chi connectivity index (χ4v) is 4.28. The zero-order valence-corrected chi connectivity index (χ0v) is 18.6. The van der Waals surface area contributed by atoms with Crippen LogP contribution in [0.5, 0.6) is 5.75 Å². The average Bonchev–Trinajstić information content (AvgIpc) is 3.00. The van der Waals surface area contributed by atoms with Crippen LogP contribution in [0.2, 0.25) is 10.0 Å². The molecule has 156 valence electrons. The Morgan fingerprint density at radius 2 is 1.55 bits per heavy atom. The van der Waals surface area contributed by atoms with Crippen LogP contribution in [0.25, 0.3) is 0 Å². The van der Waals surface area contributed by atoms with Gasteiger partial charge in [0.15, 0.2) is 0 Å². The van der Waals surface area contributed by atoms with E-state index in [0.717, 1.165) is 9.80 Å². The third kappa shape index (κ3) is 4.42. The standard InChI is InChI=1S/C23H16Cl2N2O3S/c1-30-19-12-9-15(25)13-18(19)27-22(28)20(26-16-5-3-2-4-6-16)21(23(27)29)31-17-10-7-14(24)8-11-17/h2-13,26H,1H3. The van der Waals surface area contributed by atoms with Crippen LogP contribution in [0.1, 0.15) is 0 Å². The van der Waals surface area contributed by atoms with E-state index in [9.17, 15) is 9.59 Å². The van der Waals surface area contributed by atoms with Crippen LogP contribution in [0, 0.1) is 0 Å². The van der Waals surface area contributed by atoms with Crippen LogP contribution in [0.3, 0.4) is 0 Å². The second-order valence-corrected chi connectivity index (χ2v) is 8.47. The first-order valence-electron chi connectivity index (χ1n) is 9.20. The van der Waals surface area contributed by atoms with E-state index >= 15 is 0 Å². The third-order valence-electron chi connectivity index (χ3n) is 4.50. The molecule has 1 N–H and O–H groups in total. The van der Waals surface area contributed by atoms with E-state index in [1.165, 1.54) is 24.9 Å². The summed E-state index contributed by atoms with van der Waals surface area (Å²) in [5, 5.41) is 4.07. The van der Waals surface area contributed by atoms with Gasteiger partial charge in [0.2, 0.25) is 0 Å². The van der Waals surface area contributed by atoms with E-state index < -0.39 is 11.8 Å². The largest absolute Gasteiger partial charge is 0.495 e. The summed E-state index contributed by atoms with van der Waals surface area (Å²) in [5.41, 5.74) is 1.15. The highest BCUT2D eigenvalue weighted by Gasteiger charge is 2.41. The van der Waals surface area contributed by atoms with Crippen LogP contribution in [0.4, 0.5) is 11.4 Å². The minimum absolute atomic E-state index is 0.179. The molecule has 0 spiro atoms. The monoisotopic (exact) mass is 470 g/mol. The third-order valence-corrected chi connectivity index (χ3v) is 6.08. The molecule has 0 aliphatic carbocycles. The summed E-state index contributed by atoms with van der Waals surface area (Å²) in [7, 11) is 1.47. The summed E-state index contributed by atoms with van der Waals surface area (Å²) in [6.07, 6.45) is 0. The topological polar surface area (TPSA) is 58.6 Å². The van der Waals surface area contributed by atoms with Crippen molar-refractivity contribution in [2.45, 2.75) is 4.90 Å². The number of para-hydroxylation sites is 1. The van der Waals surface area contributed by atoms with Crippen molar-refractivity contribution in [3.8, 4) is 5.75 Å². The van der Waals surface area contributed by atoms with E-state index in [-0.39, 0.29) is 16.3 Å². The maximum absolute atomic E-state index is 13.4. The number of nitrogens with one attached hydrogen (secondary N) is 1. The Morgan fingerprint density at radius 3 is 2.23 bits per heavy atom. The van der Waals surface area contributed by atoms with Crippen LogP contribution >= 0.6 is 35.0 Å². The number of carbonyl (C=O) groups is 2. The Morgan fingerprint density at radius 1 is 0.871 bits per heavy atom. The summed E-state index contributed by atoms with van der Waals surface area (Å²) in [6, 6.07) is 21.0. The number of thioether (sulfide) groups is 1. The van der Waals surface area contributed by atoms with Gasteiger partial charge in [0.05, 0.1) is 12.8 Å².